The number of hydrogen-bond donors (Lipinski definition) is 1. The van der Waals surface area contributed by atoms with Crippen molar-refractivity contribution in [3.63, 3.8) is 0 Å². The third kappa shape index (κ3) is 4.28. The van der Waals surface area contributed by atoms with Crippen LogP contribution in [0.2, 0.25) is 5.02 Å². The summed E-state index contributed by atoms with van der Waals surface area (Å²) < 4.78 is 5.56. The van der Waals surface area contributed by atoms with Crippen molar-refractivity contribution in [1.29, 1.82) is 0 Å². The number of ether oxygens (including phenoxy) is 1. The van der Waals surface area contributed by atoms with Gasteiger partial charge in [0.05, 0.1) is 6.54 Å². The van der Waals surface area contributed by atoms with Crippen LogP contribution in [0, 0.1) is 6.92 Å². The molecule has 0 saturated heterocycles. The lowest BCUT2D eigenvalue weighted by molar-refractivity contribution is 0.0947. The minimum atomic E-state index is -0.130. The van der Waals surface area contributed by atoms with Gasteiger partial charge in [-0.05, 0) is 48.9 Å². The van der Waals surface area contributed by atoms with Crippen LogP contribution in [0.1, 0.15) is 15.9 Å². The van der Waals surface area contributed by atoms with E-state index in [2.05, 4.69) is 5.32 Å². The van der Waals surface area contributed by atoms with Crippen molar-refractivity contribution >= 4 is 17.5 Å². The molecule has 0 bridgehead atoms. The van der Waals surface area contributed by atoms with Crippen molar-refractivity contribution in [1.82, 2.24) is 5.32 Å². The van der Waals surface area contributed by atoms with Crippen LogP contribution in [0.5, 0.6) is 5.75 Å². The van der Waals surface area contributed by atoms with Crippen LogP contribution in [0.25, 0.3) is 0 Å². The standard InChI is InChI=1S/C16H16ClNO2/c1-12-3-2-4-15(11-12)20-10-9-18-16(19)13-5-7-14(17)8-6-13/h2-8,11H,9-10H2,1H3,(H,18,19). The highest BCUT2D eigenvalue weighted by Crippen LogP contribution is 2.12. The third-order valence-corrected chi connectivity index (χ3v) is 3.00. The van der Waals surface area contributed by atoms with Gasteiger partial charge in [-0.25, -0.2) is 0 Å². The fourth-order valence-corrected chi connectivity index (χ4v) is 1.87. The molecule has 0 aliphatic heterocycles. The Morgan fingerprint density at radius 1 is 1.20 bits per heavy atom. The highest BCUT2D eigenvalue weighted by atomic mass is 35.5. The Hall–Kier alpha value is -2.00. The maximum atomic E-state index is 11.8. The van der Waals surface area contributed by atoms with Crippen molar-refractivity contribution in [3.8, 4) is 5.75 Å². The van der Waals surface area contributed by atoms with E-state index in [-0.39, 0.29) is 5.91 Å². The van der Waals surface area contributed by atoms with Crippen molar-refractivity contribution in [2.45, 2.75) is 6.92 Å². The Bertz CT molecular complexity index is 581. The lowest BCUT2D eigenvalue weighted by Gasteiger charge is -2.08. The van der Waals surface area contributed by atoms with Crippen LogP contribution in [-0.4, -0.2) is 19.1 Å². The minimum Gasteiger partial charge on any atom is -0.492 e. The summed E-state index contributed by atoms with van der Waals surface area (Å²) in [6.07, 6.45) is 0. The smallest absolute Gasteiger partial charge is 0.251 e. The first-order valence-corrected chi connectivity index (χ1v) is 6.76. The van der Waals surface area contributed by atoms with E-state index in [1.807, 2.05) is 31.2 Å². The minimum absolute atomic E-state index is 0.130. The number of nitrogens with one attached hydrogen (secondary N) is 1. The Morgan fingerprint density at radius 3 is 2.65 bits per heavy atom. The molecule has 0 unspecified atom stereocenters. The predicted octanol–water partition coefficient (Wildman–Crippen LogP) is 3.46. The number of rotatable bonds is 5. The average molecular weight is 290 g/mol. The molecule has 104 valence electrons. The van der Waals surface area contributed by atoms with E-state index in [0.717, 1.165) is 11.3 Å². The molecule has 2 aromatic carbocycles. The van der Waals surface area contributed by atoms with E-state index in [1.165, 1.54) is 0 Å². The molecular formula is C16H16ClNO2. The van der Waals surface area contributed by atoms with E-state index in [9.17, 15) is 4.79 Å². The zero-order chi connectivity index (χ0) is 14.4. The fraction of sp³-hybridized carbons (Fsp3) is 0.188. The highest BCUT2D eigenvalue weighted by Gasteiger charge is 2.04. The van der Waals surface area contributed by atoms with Gasteiger partial charge in [-0.1, -0.05) is 23.7 Å². The molecule has 3 nitrogen and oxygen atoms in total. The van der Waals surface area contributed by atoms with Gasteiger partial charge >= 0.3 is 0 Å². The van der Waals surface area contributed by atoms with Crippen LogP contribution in [0.3, 0.4) is 0 Å². The number of halogens is 1. The molecule has 20 heavy (non-hydrogen) atoms. The zero-order valence-electron chi connectivity index (χ0n) is 11.2. The van der Waals surface area contributed by atoms with Crippen LogP contribution in [0.4, 0.5) is 0 Å². The molecule has 0 saturated carbocycles. The van der Waals surface area contributed by atoms with Gasteiger partial charge in [-0.15, -0.1) is 0 Å². The van der Waals surface area contributed by atoms with Crippen LogP contribution in [0.15, 0.2) is 48.5 Å². The quantitative estimate of drug-likeness (QED) is 0.856. The molecule has 0 radical (unpaired) electrons. The zero-order valence-corrected chi connectivity index (χ0v) is 12.0. The molecule has 0 spiro atoms. The fourth-order valence-electron chi connectivity index (χ4n) is 1.74. The first kappa shape index (κ1) is 14.4. The second kappa shape index (κ2) is 6.96. The molecule has 1 amide bonds. The lowest BCUT2D eigenvalue weighted by Crippen LogP contribution is -2.28. The average Bonchev–Trinajstić information content (AvgIpc) is 2.44. The Labute approximate surface area is 123 Å². The van der Waals surface area contributed by atoms with Gasteiger partial charge < -0.3 is 10.1 Å². The molecular weight excluding hydrogens is 274 g/mol. The number of hydrogen-bond acceptors (Lipinski definition) is 2. The van der Waals surface area contributed by atoms with Gasteiger partial charge in [0.25, 0.3) is 5.91 Å². The summed E-state index contributed by atoms with van der Waals surface area (Å²) in [4.78, 5) is 11.8. The molecule has 0 aliphatic rings. The topological polar surface area (TPSA) is 38.3 Å². The molecule has 2 aromatic rings. The number of aryl methyl sites for hydroxylation is 1. The second-order valence-corrected chi connectivity index (χ2v) is 4.86. The maximum Gasteiger partial charge on any atom is 0.251 e. The van der Waals surface area contributed by atoms with E-state index in [1.54, 1.807) is 24.3 Å². The Balaban J connectivity index is 1.76. The largest absolute Gasteiger partial charge is 0.492 e. The van der Waals surface area contributed by atoms with Gasteiger partial charge in [0.1, 0.15) is 12.4 Å². The summed E-state index contributed by atoms with van der Waals surface area (Å²) in [5.41, 5.74) is 1.73. The second-order valence-electron chi connectivity index (χ2n) is 4.43. The monoisotopic (exact) mass is 289 g/mol. The lowest BCUT2D eigenvalue weighted by atomic mass is 10.2. The molecule has 0 heterocycles. The predicted molar refractivity (Wildman–Crippen MR) is 80.5 cm³/mol. The summed E-state index contributed by atoms with van der Waals surface area (Å²) in [6.45, 7) is 2.90. The normalized spacial score (nSPS) is 10.1. The molecule has 2 rings (SSSR count). The van der Waals surface area contributed by atoms with Crippen molar-refractivity contribution in [3.05, 3.63) is 64.7 Å². The van der Waals surface area contributed by atoms with Crippen molar-refractivity contribution in [2.75, 3.05) is 13.2 Å². The van der Waals surface area contributed by atoms with E-state index < -0.39 is 0 Å². The first-order valence-electron chi connectivity index (χ1n) is 6.38. The van der Waals surface area contributed by atoms with E-state index in [0.29, 0.717) is 23.7 Å². The van der Waals surface area contributed by atoms with E-state index >= 15 is 0 Å². The number of amides is 1. The van der Waals surface area contributed by atoms with Gasteiger partial charge in [-0.3, -0.25) is 4.79 Å². The van der Waals surface area contributed by atoms with E-state index in [4.69, 9.17) is 16.3 Å². The highest BCUT2D eigenvalue weighted by molar-refractivity contribution is 6.30. The van der Waals surface area contributed by atoms with Gasteiger partial charge in [0.15, 0.2) is 0 Å². The number of benzene rings is 2. The molecule has 0 fully saturated rings. The number of carbonyl (C=O) groups excluding carboxylic acids is 1. The summed E-state index contributed by atoms with van der Waals surface area (Å²) in [6, 6.07) is 14.6. The molecule has 1 N–H and O–H groups in total. The van der Waals surface area contributed by atoms with Crippen LogP contribution < -0.4 is 10.1 Å². The number of carbonyl (C=O) groups is 1. The summed E-state index contributed by atoms with van der Waals surface area (Å²) in [5, 5.41) is 3.41. The van der Waals surface area contributed by atoms with Crippen molar-refractivity contribution in [2.24, 2.45) is 0 Å². The Kier molecular flexibility index (Phi) is 5.02. The van der Waals surface area contributed by atoms with Crippen molar-refractivity contribution < 1.29 is 9.53 Å². The molecule has 0 aromatic heterocycles. The third-order valence-electron chi connectivity index (χ3n) is 2.75. The van der Waals surface area contributed by atoms with Crippen LogP contribution in [-0.2, 0) is 0 Å². The van der Waals surface area contributed by atoms with Crippen LogP contribution >= 0.6 is 11.6 Å². The first-order chi connectivity index (χ1) is 9.65. The van der Waals surface area contributed by atoms with Gasteiger partial charge in [-0.2, -0.15) is 0 Å². The summed E-state index contributed by atoms with van der Waals surface area (Å²) in [7, 11) is 0. The SMILES string of the molecule is Cc1cccc(OCCNC(=O)c2ccc(Cl)cc2)c1. The molecule has 0 atom stereocenters. The summed E-state index contributed by atoms with van der Waals surface area (Å²) in [5.74, 6) is 0.681. The van der Waals surface area contributed by atoms with Gasteiger partial charge in [0.2, 0.25) is 0 Å². The maximum absolute atomic E-state index is 11.8. The Morgan fingerprint density at radius 2 is 1.95 bits per heavy atom. The molecule has 4 heteroatoms. The summed E-state index contributed by atoms with van der Waals surface area (Å²) >= 11 is 5.77. The van der Waals surface area contributed by atoms with Gasteiger partial charge in [0, 0.05) is 10.6 Å². The molecule has 0 aliphatic carbocycles.